The largest absolute Gasteiger partial charge is 0.744 e. The van der Waals surface area contributed by atoms with Gasteiger partial charge in [0.25, 0.3) is 0 Å². The van der Waals surface area contributed by atoms with Crippen LogP contribution in [-0.2, 0) is 35.8 Å². The van der Waals surface area contributed by atoms with E-state index in [0.717, 1.165) is 15.9 Å². The van der Waals surface area contributed by atoms with E-state index in [9.17, 15) is 62.5 Å². The highest BCUT2D eigenvalue weighted by molar-refractivity contribution is 7.85. The number of phenols is 1. The van der Waals surface area contributed by atoms with Gasteiger partial charge >= 0.3 is 29.7 Å². The predicted octanol–water partition coefficient (Wildman–Crippen LogP) is 1.28. The summed E-state index contributed by atoms with van der Waals surface area (Å²) in [6, 6.07) is 8.08. The van der Waals surface area contributed by atoms with Crippen LogP contribution in [0, 0.1) is 6.92 Å². The molecular formula is C31H32N2O13S. The summed E-state index contributed by atoms with van der Waals surface area (Å²) in [5, 5.41) is 48.1. The molecule has 0 aromatic heterocycles. The fourth-order valence-electron chi connectivity index (χ4n) is 5.19. The van der Waals surface area contributed by atoms with Crippen molar-refractivity contribution in [3.8, 4) is 5.75 Å². The third-order valence-electron chi connectivity index (χ3n) is 6.99. The summed E-state index contributed by atoms with van der Waals surface area (Å²) in [5.41, 5.74) is 1.04. The zero-order valence-corrected chi connectivity index (χ0v) is 26.0. The summed E-state index contributed by atoms with van der Waals surface area (Å²) < 4.78 is 37.2. The van der Waals surface area contributed by atoms with Crippen molar-refractivity contribution < 1.29 is 62.5 Å². The van der Waals surface area contributed by atoms with Crippen molar-refractivity contribution in [1.82, 2.24) is 9.80 Å². The minimum atomic E-state index is -5.09. The lowest BCUT2D eigenvalue weighted by Crippen LogP contribution is -2.37. The van der Waals surface area contributed by atoms with Crippen LogP contribution in [0.15, 0.2) is 70.2 Å². The quantitative estimate of drug-likeness (QED) is 0.132. The number of ketones is 1. The molecule has 0 saturated heterocycles. The maximum atomic E-state index is 12.4. The Morgan fingerprint density at radius 1 is 0.809 bits per heavy atom. The molecule has 2 aromatic rings. The first-order valence-electron chi connectivity index (χ1n) is 13.8. The van der Waals surface area contributed by atoms with Gasteiger partial charge in [-0.2, -0.15) is 0 Å². The Morgan fingerprint density at radius 3 is 1.83 bits per heavy atom. The fourth-order valence-corrected chi connectivity index (χ4v) is 5.87. The van der Waals surface area contributed by atoms with E-state index in [0.29, 0.717) is 0 Å². The molecule has 250 valence electrons. The topological polar surface area (TPSA) is 255 Å². The molecule has 15 nitrogen and oxygen atoms in total. The Bertz CT molecular complexity index is 1810. The van der Waals surface area contributed by atoms with E-state index in [1.807, 2.05) is 0 Å². The van der Waals surface area contributed by atoms with E-state index in [-0.39, 0.29) is 69.2 Å². The van der Waals surface area contributed by atoms with E-state index in [2.05, 4.69) is 0 Å². The molecule has 0 aliphatic heterocycles. The normalized spacial score (nSPS) is 14.5. The molecule has 0 amide bonds. The first kappa shape index (κ1) is 36.3. The first-order chi connectivity index (χ1) is 21.9. The van der Waals surface area contributed by atoms with Gasteiger partial charge in [0, 0.05) is 24.2 Å². The number of aliphatic carboxylic acids is 4. The van der Waals surface area contributed by atoms with Crippen LogP contribution >= 0.6 is 0 Å². The maximum Gasteiger partial charge on any atom is 0.347 e. The highest BCUT2D eigenvalue weighted by Crippen LogP contribution is 2.38. The standard InChI is InChI=1S/C31H32N2O13S/c1-17-7-19(9-21(30(17)42)11-32(13-25(34)35)14-26(36)37)29(23-5-3-4-6-24(23)47(44,45)46)20-8-18(2)31(43)22(10-20)12-33(15-27(38)39)16-28(40)41/h3-10,42H,11-16H2,1-2H3,(H,34,35)(H,36,37)(H,38,39)(H,40,41)(H,44,45,46)/b29-20+. The molecule has 0 unspecified atom stereocenters. The van der Waals surface area contributed by atoms with Gasteiger partial charge in [-0.05, 0) is 66.5 Å². The second-order valence-corrected chi connectivity index (χ2v) is 12.1. The van der Waals surface area contributed by atoms with E-state index in [1.54, 1.807) is 0 Å². The van der Waals surface area contributed by atoms with Gasteiger partial charge in [0.2, 0.25) is 0 Å². The number of aryl methyl sites for hydroxylation is 1. The van der Waals surface area contributed by atoms with Gasteiger partial charge in [0.05, 0.1) is 42.2 Å². The SMILES string of the molecule is CC1=C/C(=C(/c2cc(C)c(O)c(CN(CC(=O)O)CC(=O)O)c2)c2ccccc2S(=O)(=O)[O-])C=C(CN(CC(=O)O)CC(=O)O)C1=[OH+]. The number of hydrogen-bond donors (Lipinski definition) is 5. The Morgan fingerprint density at radius 2 is 1.32 bits per heavy atom. The van der Waals surface area contributed by atoms with Crippen molar-refractivity contribution in [3.63, 3.8) is 0 Å². The number of benzene rings is 2. The van der Waals surface area contributed by atoms with Crippen molar-refractivity contribution in [2.75, 3.05) is 32.7 Å². The van der Waals surface area contributed by atoms with Gasteiger partial charge in [0.15, 0.2) is 0 Å². The monoisotopic (exact) mass is 672 g/mol. The minimum Gasteiger partial charge on any atom is -0.744 e. The molecule has 47 heavy (non-hydrogen) atoms. The number of carboxylic acid groups (broad SMARTS) is 4. The lowest BCUT2D eigenvalue weighted by Gasteiger charge is -2.24. The van der Waals surface area contributed by atoms with Crippen molar-refractivity contribution in [2.24, 2.45) is 0 Å². The molecule has 0 radical (unpaired) electrons. The lowest BCUT2D eigenvalue weighted by atomic mass is 9.85. The van der Waals surface area contributed by atoms with Crippen LogP contribution in [0.25, 0.3) is 5.57 Å². The number of carbonyl (C=O) groups is 4. The Labute approximate surface area is 268 Å². The lowest BCUT2D eigenvalue weighted by molar-refractivity contribution is -0.143. The number of carboxylic acids is 4. The summed E-state index contributed by atoms with van der Waals surface area (Å²) in [6.07, 6.45) is 2.84. The van der Waals surface area contributed by atoms with Gasteiger partial charge in [-0.1, -0.05) is 18.2 Å². The second-order valence-electron chi connectivity index (χ2n) is 10.8. The summed E-state index contributed by atoms with van der Waals surface area (Å²) in [4.78, 5) is 58.0. The molecule has 1 aliphatic carbocycles. The molecule has 0 spiro atoms. The molecule has 16 heteroatoms. The maximum absolute atomic E-state index is 12.4. The van der Waals surface area contributed by atoms with Gasteiger partial charge in [-0.15, -0.1) is 0 Å². The number of nitrogens with zero attached hydrogens (tertiary/aromatic N) is 2. The van der Waals surface area contributed by atoms with Gasteiger partial charge in [-0.3, -0.25) is 33.8 Å². The van der Waals surface area contributed by atoms with E-state index >= 15 is 0 Å². The smallest absolute Gasteiger partial charge is 0.347 e. The number of rotatable bonds is 15. The summed E-state index contributed by atoms with van der Waals surface area (Å²) >= 11 is 0. The third-order valence-corrected chi connectivity index (χ3v) is 7.88. The number of carbonyl (C=O) groups excluding carboxylic acids is 1. The van der Waals surface area contributed by atoms with E-state index in [1.165, 1.54) is 56.3 Å². The number of allylic oxidation sites excluding steroid dienone is 4. The molecule has 0 heterocycles. The van der Waals surface area contributed by atoms with Crippen molar-refractivity contribution in [2.45, 2.75) is 25.3 Å². The van der Waals surface area contributed by atoms with Crippen molar-refractivity contribution in [3.05, 3.63) is 87.5 Å². The molecule has 1 aliphatic rings. The number of hydrogen-bond acceptors (Lipinski definition) is 10. The molecule has 2 aromatic carbocycles. The zero-order valence-electron chi connectivity index (χ0n) is 25.2. The second kappa shape index (κ2) is 15.0. The average molecular weight is 673 g/mol. The van der Waals surface area contributed by atoms with E-state index < -0.39 is 65.1 Å². The summed E-state index contributed by atoms with van der Waals surface area (Å²) in [6.45, 7) is -0.464. The first-order valence-corrected chi connectivity index (χ1v) is 15.2. The number of aromatic hydroxyl groups is 1. The zero-order chi connectivity index (χ0) is 35.2. The molecule has 0 saturated carbocycles. The molecule has 0 atom stereocenters. The minimum absolute atomic E-state index is 0.0762. The van der Waals surface area contributed by atoms with Crippen LogP contribution in [0.4, 0.5) is 0 Å². The highest BCUT2D eigenvalue weighted by Gasteiger charge is 2.29. The number of phenolic OH excluding ortho intramolecular Hbond substituents is 1. The average Bonchev–Trinajstić information content (AvgIpc) is 2.92. The van der Waals surface area contributed by atoms with Gasteiger partial charge < -0.3 is 30.1 Å². The van der Waals surface area contributed by atoms with Crippen LogP contribution in [0.3, 0.4) is 0 Å². The summed E-state index contributed by atoms with van der Waals surface area (Å²) in [5.74, 6) is -5.89. The third kappa shape index (κ3) is 9.67. The van der Waals surface area contributed by atoms with Gasteiger partial charge in [0.1, 0.15) is 15.9 Å². The molecular weight excluding hydrogens is 640 g/mol. The van der Waals surface area contributed by atoms with Crippen LogP contribution in [-0.4, -0.2) is 115 Å². The van der Waals surface area contributed by atoms with Crippen LogP contribution in [0.2, 0.25) is 0 Å². The van der Waals surface area contributed by atoms with Crippen molar-refractivity contribution in [1.29, 1.82) is 0 Å². The van der Waals surface area contributed by atoms with Gasteiger partial charge in [-0.25, -0.2) is 8.42 Å². The van der Waals surface area contributed by atoms with Crippen LogP contribution < -0.4 is 0 Å². The Kier molecular flexibility index (Phi) is 11.6. The molecule has 6 N–H and O–H groups in total. The summed E-state index contributed by atoms with van der Waals surface area (Å²) in [7, 11) is -5.09. The Balaban J connectivity index is 2.38. The Hall–Kier alpha value is -5.16. The predicted molar refractivity (Wildman–Crippen MR) is 164 cm³/mol. The molecule has 3 rings (SSSR count). The van der Waals surface area contributed by atoms with Crippen LogP contribution in [0.1, 0.15) is 29.2 Å². The van der Waals surface area contributed by atoms with Crippen molar-refractivity contribution >= 4 is 45.4 Å². The molecule has 0 fully saturated rings. The highest BCUT2D eigenvalue weighted by atomic mass is 32.2. The van der Waals surface area contributed by atoms with E-state index in [4.69, 9.17) is 0 Å². The molecule has 0 bridgehead atoms. The van der Waals surface area contributed by atoms with Crippen LogP contribution in [0.5, 0.6) is 5.75 Å². The fraction of sp³-hybridized carbons (Fsp3) is 0.258.